The van der Waals surface area contributed by atoms with Gasteiger partial charge in [0.25, 0.3) is 0 Å². The lowest BCUT2D eigenvalue weighted by Crippen LogP contribution is -2.23. The van der Waals surface area contributed by atoms with Crippen molar-refractivity contribution < 1.29 is 0 Å². The molecule has 1 aromatic heterocycles. The number of hydrogen-bond donors (Lipinski definition) is 1. The zero-order chi connectivity index (χ0) is 13.0. The summed E-state index contributed by atoms with van der Waals surface area (Å²) in [6.07, 6.45) is 2.70. The Hall–Kier alpha value is -1.68. The highest BCUT2D eigenvalue weighted by atomic mass is 15.1. The quantitative estimate of drug-likeness (QED) is 0.876. The monoisotopic (exact) mass is 244 g/mol. The number of hydrogen-bond acceptors (Lipinski definition) is 4. The van der Waals surface area contributed by atoms with Crippen molar-refractivity contribution in [3.8, 4) is 0 Å². The molecule has 2 aromatic rings. The van der Waals surface area contributed by atoms with Gasteiger partial charge in [-0.25, -0.2) is 9.97 Å². The molecule has 0 aliphatic heterocycles. The maximum absolute atomic E-state index is 4.34. The Morgan fingerprint density at radius 1 is 1.22 bits per heavy atom. The first-order valence-corrected chi connectivity index (χ1v) is 6.28. The van der Waals surface area contributed by atoms with Gasteiger partial charge in [0, 0.05) is 11.4 Å². The maximum atomic E-state index is 4.34. The predicted octanol–water partition coefficient (Wildman–Crippen LogP) is 2.38. The molecular weight excluding hydrogens is 224 g/mol. The minimum atomic E-state index is 0.394. The van der Waals surface area contributed by atoms with Gasteiger partial charge in [-0.05, 0) is 46.1 Å². The number of aromatic nitrogens is 2. The highest BCUT2D eigenvalue weighted by Crippen LogP contribution is 2.19. The summed E-state index contributed by atoms with van der Waals surface area (Å²) in [4.78, 5) is 10.8. The summed E-state index contributed by atoms with van der Waals surface area (Å²) in [6, 6.07) is 8.46. The maximum Gasteiger partial charge on any atom is 0.137 e. The molecule has 4 heteroatoms. The second-order valence-electron chi connectivity index (χ2n) is 4.88. The molecule has 0 radical (unpaired) electrons. The molecule has 0 spiro atoms. The second kappa shape index (κ2) is 5.78. The molecule has 1 heterocycles. The van der Waals surface area contributed by atoms with Crippen LogP contribution in [0.15, 0.2) is 30.6 Å². The summed E-state index contributed by atoms with van der Waals surface area (Å²) < 4.78 is 0. The van der Waals surface area contributed by atoms with Crippen LogP contribution in [0.3, 0.4) is 0 Å². The third kappa shape index (κ3) is 3.17. The molecule has 2 rings (SSSR count). The number of nitrogens with zero attached hydrogens (tertiary/aromatic N) is 3. The van der Waals surface area contributed by atoms with Crippen LogP contribution in [0.4, 0.5) is 5.82 Å². The van der Waals surface area contributed by atoms with Crippen molar-refractivity contribution in [3.05, 3.63) is 30.6 Å². The standard InChI is InChI=1S/C14H20N4/c1-11(8-9-18(2)3)17-14-12-6-4-5-7-13(12)15-10-16-14/h4-7,10-11H,8-9H2,1-3H3,(H,15,16,17). The Kier molecular flexibility index (Phi) is 4.10. The lowest BCUT2D eigenvalue weighted by Gasteiger charge is -2.17. The van der Waals surface area contributed by atoms with Gasteiger partial charge < -0.3 is 10.2 Å². The molecule has 1 N–H and O–H groups in total. The third-order valence-electron chi connectivity index (χ3n) is 2.94. The van der Waals surface area contributed by atoms with Crippen LogP contribution >= 0.6 is 0 Å². The van der Waals surface area contributed by atoms with Crippen LogP contribution in [-0.2, 0) is 0 Å². The molecule has 1 unspecified atom stereocenters. The van der Waals surface area contributed by atoms with Gasteiger partial charge in [0.05, 0.1) is 5.52 Å². The van der Waals surface area contributed by atoms with E-state index in [1.54, 1.807) is 6.33 Å². The largest absolute Gasteiger partial charge is 0.367 e. The van der Waals surface area contributed by atoms with Crippen LogP contribution in [0.5, 0.6) is 0 Å². The highest BCUT2D eigenvalue weighted by molar-refractivity contribution is 5.88. The third-order valence-corrected chi connectivity index (χ3v) is 2.94. The van der Waals surface area contributed by atoms with Crippen molar-refractivity contribution in [1.29, 1.82) is 0 Å². The fourth-order valence-corrected chi connectivity index (χ4v) is 1.88. The molecule has 0 aliphatic carbocycles. The van der Waals surface area contributed by atoms with Crippen LogP contribution in [0, 0.1) is 0 Å². The van der Waals surface area contributed by atoms with E-state index in [-0.39, 0.29) is 0 Å². The lowest BCUT2D eigenvalue weighted by atomic mass is 10.2. The van der Waals surface area contributed by atoms with Crippen molar-refractivity contribution >= 4 is 16.7 Å². The number of para-hydroxylation sites is 1. The van der Waals surface area contributed by atoms with E-state index in [9.17, 15) is 0 Å². The molecule has 0 fully saturated rings. The number of nitrogens with one attached hydrogen (secondary N) is 1. The number of fused-ring (bicyclic) bond motifs is 1. The topological polar surface area (TPSA) is 41.0 Å². The summed E-state index contributed by atoms with van der Waals surface area (Å²) >= 11 is 0. The smallest absolute Gasteiger partial charge is 0.137 e. The first-order chi connectivity index (χ1) is 8.66. The van der Waals surface area contributed by atoms with E-state index in [0.717, 1.165) is 29.7 Å². The van der Waals surface area contributed by atoms with Crippen LogP contribution < -0.4 is 5.32 Å². The van der Waals surface area contributed by atoms with Crippen molar-refractivity contribution in [2.75, 3.05) is 26.0 Å². The SMILES string of the molecule is CC(CCN(C)C)Nc1ncnc2ccccc12. The van der Waals surface area contributed by atoms with Gasteiger partial charge in [-0.2, -0.15) is 0 Å². The first kappa shape index (κ1) is 12.8. The Bertz CT molecular complexity index is 505. The molecule has 0 amide bonds. The number of rotatable bonds is 5. The predicted molar refractivity (Wildman–Crippen MR) is 75.8 cm³/mol. The number of anilines is 1. The normalized spacial score (nSPS) is 12.9. The summed E-state index contributed by atoms with van der Waals surface area (Å²) in [7, 11) is 4.18. The van der Waals surface area contributed by atoms with Crippen molar-refractivity contribution in [2.45, 2.75) is 19.4 Å². The van der Waals surface area contributed by atoms with Crippen LogP contribution in [0.25, 0.3) is 10.9 Å². The fourth-order valence-electron chi connectivity index (χ4n) is 1.88. The summed E-state index contributed by atoms with van der Waals surface area (Å²) in [5.41, 5.74) is 0.981. The highest BCUT2D eigenvalue weighted by Gasteiger charge is 2.07. The molecule has 0 aliphatic rings. The lowest BCUT2D eigenvalue weighted by molar-refractivity contribution is 0.390. The van der Waals surface area contributed by atoms with Gasteiger partial charge in [-0.1, -0.05) is 12.1 Å². The average Bonchev–Trinajstić information content (AvgIpc) is 2.37. The van der Waals surface area contributed by atoms with Gasteiger partial charge in [0.1, 0.15) is 12.1 Å². The van der Waals surface area contributed by atoms with Crippen LogP contribution in [-0.4, -0.2) is 41.5 Å². The van der Waals surface area contributed by atoms with E-state index in [1.165, 1.54) is 0 Å². The van der Waals surface area contributed by atoms with Gasteiger partial charge in [0.15, 0.2) is 0 Å². The van der Waals surface area contributed by atoms with E-state index in [0.29, 0.717) is 6.04 Å². The molecule has 0 bridgehead atoms. The van der Waals surface area contributed by atoms with E-state index < -0.39 is 0 Å². The van der Waals surface area contributed by atoms with E-state index in [4.69, 9.17) is 0 Å². The Morgan fingerprint density at radius 3 is 2.78 bits per heavy atom. The Labute approximate surface area is 108 Å². The summed E-state index contributed by atoms with van der Waals surface area (Å²) in [5.74, 6) is 0.923. The van der Waals surface area contributed by atoms with Crippen LogP contribution in [0.1, 0.15) is 13.3 Å². The molecule has 18 heavy (non-hydrogen) atoms. The summed E-state index contributed by atoms with van der Waals surface area (Å²) in [5, 5.41) is 4.54. The van der Waals surface area contributed by atoms with Gasteiger partial charge >= 0.3 is 0 Å². The van der Waals surface area contributed by atoms with Crippen molar-refractivity contribution in [2.24, 2.45) is 0 Å². The van der Waals surface area contributed by atoms with E-state index >= 15 is 0 Å². The molecular formula is C14H20N4. The van der Waals surface area contributed by atoms with Gasteiger partial charge in [-0.3, -0.25) is 0 Å². The van der Waals surface area contributed by atoms with Crippen LogP contribution in [0.2, 0.25) is 0 Å². The Balaban J connectivity index is 2.11. The minimum absolute atomic E-state index is 0.394. The first-order valence-electron chi connectivity index (χ1n) is 6.28. The fraction of sp³-hybridized carbons (Fsp3) is 0.429. The number of benzene rings is 1. The van der Waals surface area contributed by atoms with Crippen molar-refractivity contribution in [1.82, 2.24) is 14.9 Å². The van der Waals surface area contributed by atoms with Gasteiger partial charge in [-0.15, -0.1) is 0 Å². The van der Waals surface area contributed by atoms with E-state index in [2.05, 4.69) is 47.3 Å². The molecule has 4 nitrogen and oxygen atoms in total. The summed E-state index contributed by atoms with van der Waals surface area (Å²) in [6.45, 7) is 3.25. The molecule has 1 aromatic carbocycles. The molecule has 1 atom stereocenters. The molecule has 96 valence electrons. The molecule has 0 saturated carbocycles. The van der Waals surface area contributed by atoms with Gasteiger partial charge in [0.2, 0.25) is 0 Å². The zero-order valence-electron chi connectivity index (χ0n) is 11.2. The second-order valence-corrected chi connectivity index (χ2v) is 4.88. The molecule has 0 saturated heterocycles. The average molecular weight is 244 g/mol. The van der Waals surface area contributed by atoms with E-state index in [1.807, 2.05) is 18.2 Å². The Morgan fingerprint density at radius 2 is 2.00 bits per heavy atom. The zero-order valence-corrected chi connectivity index (χ0v) is 11.2. The van der Waals surface area contributed by atoms with Crippen molar-refractivity contribution in [3.63, 3.8) is 0 Å². The minimum Gasteiger partial charge on any atom is -0.367 e.